The first-order valence-corrected chi connectivity index (χ1v) is 9.05. The summed E-state index contributed by atoms with van der Waals surface area (Å²) in [7, 11) is 0. The third kappa shape index (κ3) is 3.65. The normalized spacial score (nSPS) is 17.9. The minimum absolute atomic E-state index is 0.0350. The summed E-state index contributed by atoms with van der Waals surface area (Å²) in [5, 5.41) is 0.492. The van der Waals surface area contributed by atoms with Crippen molar-refractivity contribution in [2.45, 2.75) is 38.8 Å². The van der Waals surface area contributed by atoms with E-state index >= 15 is 0 Å². The van der Waals surface area contributed by atoms with Crippen molar-refractivity contribution in [2.24, 2.45) is 4.99 Å². The lowest BCUT2D eigenvalue weighted by Crippen LogP contribution is -2.36. The Bertz CT molecular complexity index is 859. The van der Waals surface area contributed by atoms with Gasteiger partial charge in [0.05, 0.1) is 17.0 Å². The van der Waals surface area contributed by atoms with Crippen LogP contribution in [0.3, 0.4) is 0 Å². The van der Waals surface area contributed by atoms with Crippen molar-refractivity contribution >= 4 is 17.3 Å². The van der Waals surface area contributed by atoms with E-state index in [1.165, 1.54) is 0 Å². The van der Waals surface area contributed by atoms with E-state index in [-0.39, 0.29) is 5.56 Å². The largest absolute Gasteiger partial charge is 0.305 e. The molecule has 0 saturated heterocycles. The Balaban J connectivity index is 1.54. The molecule has 25 heavy (non-hydrogen) atoms. The van der Waals surface area contributed by atoms with Gasteiger partial charge >= 0.3 is 0 Å². The number of rotatable bonds is 3. The maximum absolute atomic E-state index is 12.6. The summed E-state index contributed by atoms with van der Waals surface area (Å²) in [6.07, 6.45) is 5.69. The van der Waals surface area contributed by atoms with E-state index in [1.54, 1.807) is 12.3 Å². The van der Waals surface area contributed by atoms with Gasteiger partial charge in [0, 0.05) is 38.8 Å². The quantitative estimate of drug-likeness (QED) is 0.856. The minimum atomic E-state index is -0.0350. The SMILES string of the molecule is O=c1[nH]c(C2=NCCCC2)nc2c1CN(Cc1ccc(Cl)nc1)CC2. The van der Waals surface area contributed by atoms with Crippen LogP contribution in [0.2, 0.25) is 5.15 Å². The van der Waals surface area contributed by atoms with Gasteiger partial charge in [-0.25, -0.2) is 9.97 Å². The number of pyridine rings is 1. The summed E-state index contributed by atoms with van der Waals surface area (Å²) < 4.78 is 0. The fourth-order valence-electron chi connectivity index (χ4n) is 3.40. The number of aliphatic imine (C=N–C) groups is 1. The first-order chi connectivity index (χ1) is 12.2. The van der Waals surface area contributed by atoms with Crippen LogP contribution in [-0.2, 0) is 19.5 Å². The fraction of sp³-hybridized carbons (Fsp3) is 0.444. The molecular formula is C18H20ClN5O. The summed E-state index contributed by atoms with van der Waals surface area (Å²) in [4.78, 5) is 31.1. The summed E-state index contributed by atoms with van der Waals surface area (Å²) in [5.74, 6) is 0.666. The van der Waals surface area contributed by atoms with Gasteiger partial charge in [0.15, 0.2) is 5.82 Å². The predicted octanol–water partition coefficient (Wildman–Crippen LogP) is 2.35. The zero-order chi connectivity index (χ0) is 17.2. The van der Waals surface area contributed by atoms with E-state index in [0.717, 1.165) is 67.9 Å². The number of nitrogens with zero attached hydrogens (tertiary/aromatic N) is 4. The minimum Gasteiger partial charge on any atom is -0.305 e. The average Bonchev–Trinajstić information content (AvgIpc) is 2.65. The molecule has 0 bridgehead atoms. The van der Waals surface area contributed by atoms with Gasteiger partial charge in [-0.3, -0.25) is 14.7 Å². The number of fused-ring (bicyclic) bond motifs is 1. The molecule has 0 aliphatic carbocycles. The van der Waals surface area contributed by atoms with E-state index in [2.05, 4.69) is 19.9 Å². The fourth-order valence-corrected chi connectivity index (χ4v) is 3.51. The van der Waals surface area contributed by atoms with Crippen LogP contribution >= 0.6 is 11.6 Å². The molecule has 0 radical (unpaired) electrons. The smallest absolute Gasteiger partial charge is 0.255 e. The second-order valence-corrected chi connectivity index (χ2v) is 6.96. The van der Waals surface area contributed by atoms with Crippen LogP contribution in [0, 0.1) is 0 Å². The van der Waals surface area contributed by atoms with Crippen LogP contribution in [0.25, 0.3) is 0 Å². The molecule has 2 aliphatic heterocycles. The Morgan fingerprint density at radius 1 is 1.24 bits per heavy atom. The van der Waals surface area contributed by atoms with Crippen LogP contribution in [-0.4, -0.2) is 38.7 Å². The van der Waals surface area contributed by atoms with Crippen molar-refractivity contribution in [1.29, 1.82) is 0 Å². The predicted molar refractivity (Wildman–Crippen MR) is 97.2 cm³/mol. The maximum Gasteiger partial charge on any atom is 0.255 e. The van der Waals surface area contributed by atoms with Crippen LogP contribution in [0.4, 0.5) is 0 Å². The molecular weight excluding hydrogens is 338 g/mol. The molecule has 1 N–H and O–H groups in total. The van der Waals surface area contributed by atoms with Gasteiger partial charge in [-0.1, -0.05) is 17.7 Å². The van der Waals surface area contributed by atoms with Crippen molar-refractivity contribution < 1.29 is 0 Å². The van der Waals surface area contributed by atoms with Gasteiger partial charge < -0.3 is 4.98 Å². The Kier molecular flexibility index (Phi) is 4.63. The van der Waals surface area contributed by atoms with E-state index in [4.69, 9.17) is 16.6 Å². The highest BCUT2D eigenvalue weighted by atomic mass is 35.5. The number of hydrogen-bond acceptors (Lipinski definition) is 5. The van der Waals surface area contributed by atoms with Gasteiger partial charge in [0.2, 0.25) is 0 Å². The molecule has 0 unspecified atom stereocenters. The topological polar surface area (TPSA) is 74.2 Å². The van der Waals surface area contributed by atoms with E-state index in [9.17, 15) is 4.79 Å². The number of aromatic amines is 1. The van der Waals surface area contributed by atoms with Gasteiger partial charge in [-0.05, 0) is 30.9 Å². The molecule has 4 rings (SSSR count). The molecule has 7 heteroatoms. The lowest BCUT2D eigenvalue weighted by atomic mass is 10.0. The van der Waals surface area contributed by atoms with E-state index < -0.39 is 0 Å². The first-order valence-electron chi connectivity index (χ1n) is 8.67. The Morgan fingerprint density at radius 3 is 2.92 bits per heavy atom. The average molecular weight is 358 g/mol. The Hall–Kier alpha value is -2.05. The Morgan fingerprint density at radius 2 is 2.16 bits per heavy atom. The van der Waals surface area contributed by atoms with Crippen molar-refractivity contribution in [1.82, 2.24) is 19.9 Å². The summed E-state index contributed by atoms with van der Waals surface area (Å²) in [6.45, 7) is 3.06. The van der Waals surface area contributed by atoms with Crippen LogP contribution < -0.4 is 5.56 Å². The third-order valence-corrected chi connectivity index (χ3v) is 4.96. The molecule has 4 heterocycles. The second kappa shape index (κ2) is 7.06. The molecule has 2 aromatic rings. The number of aromatic nitrogens is 3. The van der Waals surface area contributed by atoms with Crippen molar-refractivity contribution in [2.75, 3.05) is 13.1 Å². The van der Waals surface area contributed by atoms with Gasteiger partial charge in [-0.15, -0.1) is 0 Å². The third-order valence-electron chi connectivity index (χ3n) is 4.74. The standard InChI is InChI=1S/C18H20ClN5O/c19-16-5-4-12(9-21-16)10-24-8-6-14-13(11-24)18(25)23-17(22-14)15-3-1-2-7-20-15/h4-5,9H,1-3,6-8,10-11H2,(H,22,23,25). The lowest BCUT2D eigenvalue weighted by molar-refractivity contribution is 0.241. The molecule has 6 nitrogen and oxygen atoms in total. The summed E-state index contributed by atoms with van der Waals surface area (Å²) in [6, 6.07) is 3.76. The van der Waals surface area contributed by atoms with Crippen LogP contribution in [0.1, 0.15) is 41.9 Å². The van der Waals surface area contributed by atoms with E-state index in [0.29, 0.717) is 17.5 Å². The summed E-state index contributed by atoms with van der Waals surface area (Å²) >= 11 is 5.83. The molecule has 0 fully saturated rings. The molecule has 0 amide bonds. The van der Waals surface area contributed by atoms with Crippen LogP contribution in [0.5, 0.6) is 0 Å². The zero-order valence-electron chi connectivity index (χ0n) is 14.0. The lowest BCUT2D eigenvalue weighted by Gasteiger charge is -2.27. The summed E-state index contributed by atoms with van der Waals surface area (Å²) in [5.41, 5.74) is 3.68. The molecule has 0 aromatic carbocycles. The Labute approximate surface area is 151 Å². The maximum atomic E-state index is 12.6. The van der Waals surface area contributed by atoms with Gasteiger partial charge in [0.25, 0.3) is 5.56 Å². The monoisotopic (exact) mass is 357 g/mol. The van der Waals surface area contributed by atoms with Gasteiger partial charge in [0.1, 0.15) is 5.15 Å². The van der Waals surface area contributed by atoms with E-state index in [1.807, 2.05) is 6.07 Å². The molecule has 2 aromatic heterocycles. The molecule has 0 atom stereocenters. The number of hydrogen-bond donors (Lipinski definition) is 1. The molecule has 0 spiro atoms. The number of halogens is 1. The zero-order valence-corrected chi connectivity index (χ0v) is 14.7. The number of H-pyrrole nitrogens is 1. The molecule has 130 valence electrons. The van der Waals surface area contributed by atoms with Gasteiger partial charge in [-0.2, -0.15) is 0 Å². The number of nitrogens with one attached hydrogen (secondary N) is 1. The van der Waals surface area contributed by atoms with Crippen molar-refractivity contribution in [3.8, 4) is 0 Å². The highest BCUT2D eigenvalue weighted by Gasteiger charge is 2.22. The highest BCUT2D eigenvalue weighted by molar-refractivity contribution is 6.29. The molecule has 2 aliphatic rings. The second-order valence-electron chi connectivity index (χ2n) is 6.58. The first kappa shape index (κ1) is 16.4. The van der Waals surface area contributed by atoms with Crippen molar-refractivity contribution in [3.63, 3.8) is 0 Å². The highest BCUT2D eigenvalue weighted by Crippen LogP contribution is 2.18. The molecule has 0 saturated carbocycles. The van der Waals surface area contributed by atoms with Crippen LogP contribution in [0.15, 0.2) is 28.1 Å². The van der Waals surface area contributed by atoms with Crippen molar-refractivity contribution in [3.05, 3.63) is 56.5 Å².